The van der Waals surface area contributed by atoms with Crippen LogP contribution in [0.15, 0.2) is 6.07 Å². The molecule has 0 amide bonds. The van der Waals surface area contributed by atoms with E-state index in [1.165, 1.54) is 15.3 Å². The lowest BCUT2D eigenvalue weighted by Gasteiger charge is -2.27. The molecule has 0 saturated heterocycles. The smallest absolute Gasteiger partial charge is 0.0637 e. The summed E-state index contributed by atoms with van der Waals surface area (Å²) < 4.78 is 5.45. The lowest BCUT2D eigenvalue weighted by atomic mass is 10.00. The summed E-state index contributed by atoms with van der Waals surface area (Å²) in [6.07, 6.45) is 1.02. The second kappa shape index (κ2) is 5.98. The van der Waals surface area contributed by atoms with E-state index in [1.807, 2.05) is 11.3 Å². The van der Waals surface area contributed by atoms with Gasteiger partial charge >= 0.3 is 0 Å². The van der Waals surface area contributed by atoms with Crippen molar-refractivity contribution in [2.24, 2.45) is 0 Å². The zero-order chi connectivity index (χ0) is 13.1. The molecule has 3 heteroatoms. The molecule has 1 unspecified atom stereocenters. The van der Waals surface area contributed by atoms with Gasteiger partial charge in [-0.15, -0.1) is 11.3 Å². The first-order valence-corrected chi connectivity index (χ1v) is 7.00. The van der Waals surface area contributed by atoms with Crippen molar-refractivity contribution in [3.8, 4) is 0 Å². The second-order valence-electron chi connectivity index (χ2n) is 5.40. The Morgan fingerprint density at radius 2 is 2.06 bits per heavy atom. The van der Waals surface area contributed by atoms with E-state index in [2.05, 4.69) is 46.0 Å². The Balaban J connectivity index is 2.40. The monoisotopic (exact) mass is 255 g/mol. The van der Waals surface area contributed by atoms with Crippen LogP contribution >= 0.6 is 11.3 Å². The molecule has 0 aliphatic carbocycles. The highest BCUT2D eigenvalue weighted by Crippen LogP contribution is 2.21. The molecule has 1 aromatic rings. The van der Waals surface area contributed by atoms with E-state index in [1.54, 1.807) is 7.11 Å². The van der Waals surface area contributed by atoms with Gasteiger partial charge in [0.1, 0.15) is 0 Å². The normalized spacial score (nSPS) is 14.0. The molecule has 0 aliphatic heterocycles. The Hall–Kier alpha value is -0.380. The van der Waals surface area contributed by atoms with Crippen LogP contribution in [0.1, 0.15) is 42.5 Å². The second-order valence-corrected chi connectivity index (χ2v) is 6.74. The summed E-state index contributed by atoms with van der Waals surface area (Å²) in [5, 5.41) is 3.56. The van der Waals surface area contributed by atoms with Crippen molar-refractivity contribution in [3.05, 3.63) is 21.4 Å². The lowest BCUT2D eigenvalue weighted by Crippen LogP contribution is -2.35. The molecule has 1 aromatic heterocycles. The van der Waals surface area contributed by atoms with Gasteiger partial charge in [-0.2, -0.15) is 0 Å². The Bertz CT molecular complexity index is 338. The van der Waals surface area contributed by atoms with Gasteiger partial charge in [0, 0.05) is 29.5 Å². The molecule has 98 valence electrons. The molecule has 0 aliphatic rings. The number of aryl methyl sites for hydroxylation is 2. The van der Waals surface area contributed by atoms with Gasteiger partial charge in [0.15, 0.2) is 0 Å². The molecular weight excluding hydrogens is 230 g/mol. The largest absolute Gasteiger partial charge is 0.379 e. The highest BCUT2D eigenvalue weighted by atomic mass is 32.1. The van der Waals surface area contributed by atoms with Crippen LogP contribution in [0, 0.1) is 13.8 Å². The molecule has 17 heavy (non-hydrogen) atoms. The van der Waals surface area contributed by atoms with Gasteiger partial charge in [-0.25, -0.2) is 0 Å². The number of hydrogen-bond acceptors (Lipinski definition) is 3. The molecule has 2 nitrogen and oxygen atoms in total. The number of methoxy groups -OCH3 is 1. The number of rotatable bonds is 6. The first-order chi connectivity index (χ1) is 7.84. The molecule has 1 N–H and O–H groups in total. The summed E-state index contributed by atoms with van der Waals surface area (Å²) in [5.74, 6) is 0. The molecule has 0 bridgehead atoms. The van der Waals surface area contributed by atoms with Crippen LogP contribution in [0.2, 0.25) is 0 Å². The topological polar surface area (TPSA) is 21.3 Å². The third-order valence-corrected chi connectivity index (χ3v) is 4.34. The van der Waals surface area contributed by atoms with Gasteiger partial charge in [-0.3, -0.25) is 0 Å². The lowest BCUT2D eigenvalue weighted by molar-refractivity contribution is 0.00846. The van der Waals surface area contributed by atoms with Crippen LogP contribution in [0.3, 0.4) is 0 Å². The molecular formula is C14H25NOS. The van der Waals surface area contributed by atoms with Crippen LogP contribution in [0.4, 0.5) is 0 Å². The van der Waals surface area contributed by atoms with Crippen molar-refractivity contribution in [3.63, 3.8) is 0 Å². The van der Waals surface area contributed by atoms with E-state index in [4.69, 9.17) is 4.74 Å². The van der Waals surface area contributed by atoms with Crippen LogP contribution in [0.25, 0.3) is 0 Å². The Kier molecular flexibility index (Phi) is 5.17. The average molecular weight is 255 g/mol. The van der Waals surface area contributed by atoms with Crippen LogP contribution in [-0.2, 0) is 11.3 Å². The fourth-order valence-corrected chi connectivity index (χ4v) is 2.91. The summed E-state index contributed by atoms with van der Waals surface area (Å²) in [6.45, 7) is 11.8. The predicted octanol–water partition coefficient (Wildman–Crippen LogP) is 3.66. The Morgan fingerprint density at radius 3 is 2.53 bits per heavy atom. The third kappa shape index (κ3) is 4.78. The first kappa shape index (κ1) is 14.7. The third-order valence-electron chi connectivity index (χ3n) is 3.19. The molecule has 0 aromatic carbocycles. The molecule has 0 spiro atoms. The van der Waals surface area contributed by atoms with Crippen LogP contribution in [0.5, 0.6) is 0 Å². The predicted molar refractivity (Wildman–Crippen MR) is 75.8 cm³/mol. The average Bonchev–Trinajstić information content (AvgIpc) is 2.55. The standard InChI is InChI=1S/C14H25NOS/c1-10-7-13(17-12(10)3)9-15-11(2)8-14(4,5)16-6/h7,11,15H,8-9H2,1-6H3. The van der Waals surface area contributed by atoms with Gasteiger partial charge < -0.3 is 10.1 Å². The minimum absolute atomic E-state index is 0.0479. The van der Waals surface area contributed by atoms with Crippen molar-refractivity contribution >= 4 is 11.3 Å². The van der Waals surface area contributed by atoms with Gasteiger partial charge in [-0.1, -0.05) is 0 Å². The minimum atomic E-state index is -0.0479. The maximum absolute atomic E-state index is 5.45. The zero-order valence-electron chi connectivity index (χ0n) is 11.9. The van der Waals surface area contributed by atoms with Gasteiger partial charge in [0.2, 0.25) is 0 Å². The summed E-state index contributed by atoms with van der Waals surface area (Å²) in [4.78, 5) is 2.84. The Labute approximate surface area is 109 Å². The number of nitrogens with one attached hydrogen (secondary N) is 1. The minimum Gasteiger partial charge on any atom is -0.379 e. The highest BCUT2D eigenvalue weighted by Gasteiger charge is 2.19. The zero-order valence-corrected chi connectivity index (χ0v) is 12.7. The van der Waals surface area contributed by atoms with E-state index in [0.717, 1.165) is 13.0 Å². The number of thiophene rings is 1. The maximum atomic E-state index is 5.45. The van der Waals surface area contributed by atoms with Gasteiger partial charge in [-0.05, 0) is 52.7 Å². The van der Waals surface area contributed by atoms with E-state index in [9.17, 15) is 0 Å². The van der Waals surface area contributed by atoms with E-state index >= 15 is 0 Å². The summed E-state index contributed by atoms with van der Waals surface area (Å²) in [7, 11) is 1.78. The van der Waals surface area contributed by atoms with Crippen molar-refractivity contribution in [1.82, 2.24) is 5.32 Å². The molecule has 1 heterocycles. The van der Waals surface area contributed by atoms with E-state index in [-0.39, 0.29) is 5.60 Å². The molecule has 0 fully saturated rings. The summed E-state index contributed by atoms with van der Waals surface area (Å²) in [6, 6.07) is 2.74. The quantitative estimate of drug-likeness (QED) is 0.837. The van der Waals surface area contributed by atoms with Crippen molar-refractivity contribution < 1.29 is 4.74 Å². The van der Waals surface area contributed by atoms with Crippen LogP contribution < -0.4 is 5.32 Å². The SMILES string of the molecule is COC(C)(C)CC(C)NCc1cc(C)c(C)s1. The number of ether oxygens (including phenoxy) is 1. The van der Waals surface area contributed by atoms with Gasteiger partial charge in [0.25, 0.3) is 0 Å². The van der Waals surface area contributed by atoms with E-state index < -0.39 is 0 Å². The maximum Gasteiger partial charge on any atom is 0.0637 e. The molecule has 1 rings (SSSR count). The summed E-state index contributed by atoms with van der Waals surface area (Å²) >= 11 is 1.89. The van der Waals surface area contributed by atoms with Gasteiger partial charge in [0.05, 0.1) is 5.60 Å². The van der Waals surface area contributed by atoms with Crippen molar-refractivity contribution in [1.29, 1.82) is 0 Å². The fourth-order valence-electron chi connectivity index (χ4n) is 1.90. The summed E-state index contributed by atoms with van der Waals surface area (Å²) in [5.41, 5.74) is 1.35. The Morgan fingerprint density at radius 1 is 1.41 bits per heavy atom. The van der Waals surface area contributed by atoms with Crippen molar-refractivity contribution in [2.75, 3.05) is 7.11 Å². The first-order valence-electron chi connectivity index (χ1n) is 6.18. The number of hydrogen-bond donors (Lipinski definition) is 1. The van der Waals surface area contributed by atoms with Crippen LogP contribution in [-0.4, -0.2) is 18.8 Å². The van der Waals surface area contributed by atoms with E-state index in [0.29, 0.717) is 6.04 Å². The van der Waals surface area contributed by atoms with Crippen molar-refractivity contribution in [2.45, 2.75) is 59.2 Å². The highest BCUT2D eigenvalue weighted by molar-refractivity contribution is 7.12. The molecule has 0 radical (unpaired) electrons. The molecule has 0 saturated carbocycles. The molecule has 1 atom stereocenters. The fraction of sp³-hybridized carbons (Fsp3) is 0.714.